The molecule has 0 bridgehead atoms. The maximum absolute atomic E-state index is 7.55. The maximum Gasteiger partial charge on any atom is 0.130 e. The first-order valence-corrected chi connectivity index (χ1v) is 7.65. The summed E-state index contributed by atoms with van der Waals surface area (Å²) in [5.41, 5.74) is 7.45. The predicted octanol–water partition coefficient (Wildman–Crippen LogP) is 1.26. The van der Waals surface area contributed by atoms with Crippen molar-refractivity contribution >= 4 is 5.84 Å². The highest BCUT2D eigenvalue weighted by Gasteiger charge is 2.31. The summed E-state index contributed by atoms with van der Waals surface area (Å²) in [6.45, 7) is 5.58. The van der Waals surface area contributed by atoms with Crippen molar-refractivity contribution in [3.05, 3.63) is 29.3 Å². The fraction of sp³-hybridized carbons (Fsp3) is 0.562. The van der Waals surface area contributed by atoms with Gasteiger partial charge >= 0.3 is 0 Å². The Balaban J connectivity index is 1.61. The van der Waals surface area contributed by atoms with Crippen molar-refractivity contribution in [1.82, 2.24) is 9.80 Å². The third-order valence-corrected chi connectivity index (χ3v) is 4.43. The van der Waals surface area contributed by atoms with Gasteiger partial charge in [-0.1, -0.05) is 6.07 Å². The van der Waals surface area contributed by atoms with E-state index in [1.54, 1.807) is 7.11 Å². The Bertz CT molecular complexity index is 519. The van der Waals surface area contributed by atoms with Crippen molar-refractivity contribution < 1.29 is 4.74 Å². The van der Waals surface area contributed by atoms with Gasteiger partial charge in [-0.05, 0) is 30.5 Å². The normalized spacial score (nSPS) is 20.4. The number of benzene rings is 1. The number of hydrogen-bond donors (Lipinski definition) is 2. The molecule has 0 aromatic heterocycles. The molecule has 2 fully saturated rings. The van der Waals surface area contributed by atoms with Gasteiger partial charge in [0.1, 0.15) is 11.6 Å². The molecule has 21 heavy (non-hydrogen) atoms. The Morgan fingerprint density at radius 3 is 2.57 bits per heavy atom. The van der Waals surface area contributed by atoms with E-state index in [9.17, 15) is 0 Å². The molecule has 1 aromatic carbocycles. The topological polar surface area (TPSA) is 65.6 Å². The average molecular weight is 288 g/mol. The molecule has 3 rings (SSSR count). The second-order valence-electron chi connectivity index (χ2n) is 5.99. The number of nitrogens with one attached hydrogen (secondary N) is 1. The SMILES string of the molecule is COc1cc(CN2CCN(C3CC3)CC2)ccc1C(=N)N. The largest absolute Gasteiger partial charge is 0.496 e. The fourth-order valence-electron chi connectivity index (χ4n) is 3.04. The zero-order valence-electron chi connectivity index (χ0n) is 12.6. The number of amidine groups is 1. The van der Waals surface area contributed by atoms with E-state index in [2.05, 4.69) is 9.80 Å². The lowest BCUT2D eigenvalue weighted by Crippen LogP contribution is -2.46. The van der Waals surface area contributed by atoms with Crippen LogP contribution in [0.2, 0.25) is 0 Å². The van der Waals surface area contributed by atoms with Crippen molar-refractivity contribution in [2.24, 2.45) is 5.73 Å². The average Bonchev–Trinajstić information content (AvgIpc) is 3.32. The second-order valence-corrected chi connectivity index (χ2v) is 5.99. The van der Waals surface area contributed by atoms with Gasteiger partial charge in [-0.2, -0.15) is 0 Å². The molecule has 0 unspecified atom stereocenters. The Kier molecular flexibility index (Phi) is 4.12. The van der Waals surface area contributed by atoms with Crippen molar-refractivity contribution in [2.75, 3.05) is 33.3 Å². The third-order valence-electron chi connectivity index (χ3n) is 4.43. The van der Waals surface area contributed by atoms with E-state index >= 15 is 0 Å². The fourth-order valence-corrected chi connectivity index (χ4v) is 3.04. The van der Waals surface area contributed by atoms with Crippen LogP contribution in [0.15, 0.2) is 18.2 Å². The second kappa shape index (κ2) is 6.03. The van der Waals surface area contributed by atoms with Crippen LogP contribution in [0.3, 0.4) is 0 Å². The first-order chi connectivity index (χ1) is 10.2. The van der Waals surface area contributed by atoms with Gasteiger partial charge in [-0.25, -0.2) is 0 Å². The molecule has 1 heterocycles. The molecule has 0 atom stereocenters. The molecule has 1 aliphatic heterocycles. The van der Waals surface area contributed by atoms with Gasteiger partial charge in [-0.15, -0.1) is 0 Å². The lowest BCUT2D eigenvalue weighted by molar-refractivity contribution is 0.121. The van der Waals surface area contributed by atoms with E-state index in [1.165, 1.54) is 31.5 Å². The highest BCUT2D eigenvalue weighted by atomic mass is 16.5. The number of nitrogens with zero attached hydrogens (tertiary/aromatic N) is 2. The van der Waals surface area contributed by atoms with Crippen LogP contribution in [-0.4, -0.2) is 55.0 Å². The first kappa shape index (κ1) is 14.4. The molecule has 5 nitrogen and oxygen atoms in total. The third kappa shape index (κ3) is 3.36. The molecule has 0 spiro atoms. The summed E-state index contributed by atoms with van der Waals surface area (Å²) in [4.78, 5) is 5.11. The monoisotopic (exact) mass is 288 g/mol. The van der Waals surface area contributed by atoms with Gasteiger partial charge in [0.15, 0.2) is 0 Å². The van der Waals surface area contributed by atoms with Crippen LogP contribution in [0.25, 0.3) is 0 Å². The summed E-state index contributed by atoms with van der Waals surface area (Å²) in [5, 5.41) is 7.55. The van der Waals surface area contributed by atoms with Crippen molar-refractivity contribution in [3.63, 3.8) is 0 Å². The number of piperazine rings is 1. The number of hydrogen-bond acceptors (Lipinski definition) is 4. The smallest absolute Gasteiger partial charge is 0.130 e. The molecule has 114 valence electrons. The van der Waals surface area contributed by atoms with E-state index < -0.39 is 0 Å². The summed E-state index contributed by atoms with van der Waals surface area (Å²) >= 11 is 0. The maximum atomic E-state index is 7.55. The van der Waals surface area contributed by atoms with Gasteiger partial charge in [0.05, 0.1) is 12.7 Å². The zero-order valence-corrected chi connectivity index (χ0v) is 12.6. The minimum atomic E-state index is 0.0523. The Labute approximate surface area is 126 Å². The van der Waals surface area contributed by atoms with Crippen LogP contribution >= 0.6 is 0 Å². The molecular formula is C16H24N4O. The van der Waals surface area contributed by atoms with Gasteiger partial charge in [-0.3, -0.25) is 15.2 Å². The molecule has 2 aliphatic rings. The van der Waals surface area contributed by atoms with E-state index in [-0.39, 0.29) is 5.84 Å². The number of methoxy groups -OCH3 is 1. The first-order valence-electron chi connectivity index (χ1n) is 7.65. The zero-order chi connectivity index (χ0) is 14.8. The van der Waals surface area contributed by atoms with Crippen LogP contribution in [0, 0.1) is 5.41 Å². The van der Waals surface area contributed by atoms with Gasteiger partial charge in [0.25, 0.3) is 0 Å². The van der Waals surface area contributed by atoms with E-state index in [0.29, 0.717) is 11.3 Å². The van der Waals surface area contributed by atoms with Gasteiger partial charge in [0.2, 0.25) is 0 Å². The minimum Gasteiger partial charge on any atom is -0.496 e. The molecule has 1 aromatic rings. The number of nitrogen functional groups attached to an aromatic ring is 1. The summed E-state index contributed by atoms with van der Waals surface area (Å²) in [6.07, 6.45) is 2.79. The molecule has 1 aliphatic carbocycles. The summed E-state index contributed by atoms with van der Waals surface area (Å²) in [7, 11) is 1.62. The molecule has 5 heteroatoms. The van der Waals surface area contributed by atoms with E-state index in [1.807, 2.05) is 18.2 Å². The molecule has 1 saturated carbocycles. The van der Waals surface area contributed by atoms with Gasteiger partial charge < -0.3 is 10.5 Å². The van der Waals surface area contributed by atoms with Crippen molar-refractivity contribution in [3.8, 4) is 5.75 Å². The number of rotatable bonds is 5. The van der Waals surface area contributed by atoms with Crippen LogP contribution in [-0.2, 0) is 6.54 Å². The highest BCUT2D eigenvalue weighted by Crippen LogP contribution is 2.28. The van der Waals surface area contributed by atoms with Crippen LogP contribution in [0.1, 0.15) is 24.0 Å². The summed E-state index contributed by atoms with van der Waals surface area (Å²) < 4.78 is 5.35. The van der Waals surface area contributed by atoms with E-state index in [0.717, 1.165) is 25.7 Å². The molecule has 3 N–H and O–H groups in total. The molecule has 0 amide bonds. The van der Waals surface area contributed by atoms with Crippen LogP contribution in [0.5, 0.6) is 5.75 Å². The summed E-state index contributed by atoms with van der Waals surface area (Å²) in [5.74, 6) is 0.744. The minimum absolute atomic E-state index is 0.0523. The van der Waals surface area contributed by atoms with Gasteiger partial charge in [0, 0.05) is 38.8 Å². The molecule has 1 saturated heterocycles. The quantitative estimate of drug-likeness (QED) is 0.632. The van der Waals surface area contributed by atoms with Crippen molar-refractivity contribution in [2.45, 2.75) is 25.4 Å². The Morgan fingerprint density at radius 1 is 1.29 bits per heavy atom. The predicted molar refractivity (Wildman–Crippen MR) is 83.9 cm³/mol. The van der Waals surface area contributed by atoms with Crippen LogP contribution in [0.4, 0.5) is 0 Å². The standard InChI is InChI=1S/C16H24N4O/c1-21-15-10-12(2-5-14(15)16(17)18)11-19-6-8-20(9-7-19)13-3-4-13/h2,5,10,13H,3-4,6-9,11H2,1H3,(H3,17,18). The number of ether oxygens (including phenoxy) is 1. The number of nitrogens with two attached hydrogens (primary N) is 1. The lowest BCUT2D eigenvalue weighted by Gasteiger charge is -2.34. The van der Waals surface area contributed by atoms with Crippen molar-refractivity contribution in [1.29, 1.82) is 5.41 Å². The highest BCUT2D eigenvalue weighted by molar-refractivity contribution is 5.97. The molecular weight excluding hydrogens is 264 g/mol. The molecule has 0 radical (unpaired) electrons. The summed E-state index contributed by atoms with van der Waals surface area (Å²) in [6, 6.07) is 6.81. The lowest BCUT2D eigenvalue weighted by atomic mass is 10.1. The Hall–Kier alpha value is -1.59. The Morgan fingerprint density at radius 2 is 2.00 bits per heavy atom. The van der Waals surface area contributed by atoms with Crippen LogP contribution < -0.4 is 10.5 Å². The van der Waals surface area contributed by atoms with E-state index in [4.69, 9.17) is 15.9 Å².